The largest absolute Gasteiger partial charge is 0.344 e. The molecular weight excluding hydrogens is 324 g/mol. The van der Waals surface area contributed by atoms with Gasteiger partial charge in [0.15, 0.2) is 0 Å². The molecule has 0 aromatic heterocycles. The molecule has 1 atom stereocenters. The van der Waals surface area contributed by atoms with Crippen molar-refractivity contribution in [3.05, 3.63) is 35.4 Å². The third kappa shape index (κ3) is 4.28. The summed E-state index contributed by atoms with van der Waals surface area (Å²) in [6, 6.07) is 7.90. The van der Waals surface area contributed by atoms with Gasteiger partial charge in [0.05, 0.1) is 0 Å². The summed E-state index contributed by atoms with van der Waals surface area (Å²) in [5.74, 6) is 1.01. The van der Waals surface area contributed by atoms with E-state index in [0.717, 1.165) is 44.6 Å². The molecule has 0 bridgehead atoms. The fraction of sp³-hybridized carbons (Fsp3) is 0.636. The number of benzene rings is 1. The van der Waals surface area contributed by atoms with Gasteiger partial charge in [-0.1, -0.05) is 45.0 Å². The number of nitrogens with one attached hydrogen (secondary N) is 1. The summed E-state index contributed by atoms with van der Waals surface area (Å²) < 4.78 is 0. The van der Waals surface area contributed by atoms with Crippen LogP contribution in [0.15, 0.2) is 24.3 Å². The fourth-order valence-corrected chi connectivity index (χ4v) is 4.19. The van der Waals surface area contributed by atoms with E-state index in [1.165, 1.54) is 11.1 Å². The molecule has 0 radical (unpaired) electrons. The molecule has 3 rings (SSSR count). The average molecular weight is 357 g/mol. The number of hydrogen-bond acceptors (Lipinski definition) is 2. The Morgan fingerprint density at radius 2 is 1.73 bits per heavy atom. The quantitative estimate of drug-likeness (QED) is 0.897. The minimum absolute atomic E-state index is 0.0621. The predicted octanol–water partition coefficient (Wildman–Crippen LogP) is 3.54. The molecule has 1 saturated carbocycles. The highest BCUT2D eigenvalue weighted by atomic mass is 16.2. The van der Waals surface area contributed by atoms with Crippen molar-refractivity contribution >= 4 is 11.8 Å². The van der Waals surface area contributed by atoms with E-state index in [0.29, 0.717) is 6.54 Å². The number of hydrogen-bond donors (Lipinski definition) is 1. The summed E-state index contributed by atoms with van der Waals surface area (Å²) in [4.78, 5) is 27.8. The van der Waals surface area contributed by atoms with Crippen molar-refractivity contribution < 1.29 is 9.59 Å². The molecule has 4 nitrogen and oxygen atoms in total. The van der Waals surface area contributed by atoms with Crippen LogP contribution in [0.2, 0.25) is 0 Å². The van der Waals surface area contributed by atoms with Crippen LogP contribution in [0, 0.1) is 17.8 Å². The van der Waals surface area contributed by atoms with Crippen LogP contribution in [0.25, 0.3) is 0 Å². The second-order valence-electron chi connectivity index (χ2n) is 8.47. The molecule has 2 amide bonds. The van der Waals surface area contributed by atoms with Crippen LogP contribution in [0.4, 0.5) is 0 Å². The Morgan fingerprint density at radius 3 is 2.38 bits per heavy atom. The molecule has 1 N–H and O–H groups in total. The second kappa shape index (κ2) is 8.24. The molecule has 1 aromatic rings. The standard InChI is InChI=1S/C22H32N2O2/c1-15(2)20(23-21(25)18-10-8-16(3)9-11-18)22(26)24-13-12-17-6-4-5-7-19(17)14-24/h4-7,15-16,18,20H,8-14H2,1-3H3,(H,23,25)/t16?,18?,20-/m1/s1. The summed E-state index contributed by atoms with van der Waals surface area (Å²) in [6.45, 7) is 7.67. The molecule has 142 valence electrons. The van der Waals surface area contributed by atoms with Crippen LogP contribution in [0.1, 0.15) is 57.6 Å². The average Bonchev–Trinajstić information content (AvgIpc) is 2.65. The molecule has 2 aliphatic rings. The van der Waals surface area contributed by atoms with Gasteiger partial charge in [-0.15, -0.1) is 0 Å². The van der Waals surface area contributed by atoms with Crippen LogP contribution in [0.3, 0.4) is 0 Å². The van der Waals surface area contributed by atoms with E-state index in [1.54, 1.807) is 0 Å². The van der Waals surface area contributed by atoms with Crippen LogP contribution in [0.5, 0.6) is 0 Å². The lowest BCUT2D eigenvalue weighted by Gasteiger charge is -2.34. The zero-order valence-electron chi connectivity index (χ0n) is 16.3. The zero-order chi connectivity index (χ0) is 18.7. The predicted molar refractivity (Wildman–Crippen MR) is 103 cm³/mol. The van der Waals surface area contributed by atoms with Crippen molar-refractivity contribution in [3.8, 4) is 0 Å². The van der Waals surface area contributed by atoms with Crippen molar-refractivity contribution in [2.45, 2.75) is 65.5 Å². The van der Waals surface area contributed by atoms with E-state index in [9.17, 15) is 9.59 Å². The van der Waals surface area contributed by atoms with Gasteiger partial charge >= 0.3 is 0 Å². The van der Waals surface area contributed by atoms with Crippen molar-refractivity contribution in [1.29, 1.82) is 0 Å². The molecule has 0 spiro atoms. The topological polar surface area (TPSA) is 49.4 Å². The highest BCUT2D eigenvalue weighted by Gasteiger charge is 2.33. The lowest BCUT2D eigenvalue weighted by molar-refractivity contribution is -0.139. The Morgan fingerprint density at radius 1 is 1.08 bits per heavy atom. The number of carbonyl (C=O) groups excluding carboxylic acids is 2. The summed E-state index contributed by atoms with van der Waals surface area (Å²) >= 11 is 0. The van der Waals surface area contributed by atoms with Crippen LogP contribution in [-0.4, -0.2) is 29.3 Å². The Balaban J connectivity index is 1.64. The number of rotatable bonds is 4. The van der Waals surface area contributed by atoms with E-state index in [1.807, 2.05) is 24.8 Å². The minimum atomic E-state index is -0.424. The monoisotopic (exact) mass is 356 g/mol. The number of nitrogens with zero attached hydrogens (tertiary/aromatic N) is 1. The smallest absolute Gasteiger partial charge is 0.245 e. The summed E-state index contributed by atoms with van der Waals surface area (Å²) in [5, 5.41) is 3.09. The fourth-order valence-electron chi connectivity index (χ4n) is 4.19. The first kappa shape index (κ1) is 18.9. The van der Waals surface area contributed by atoms with Crippen molar-refractivity contribution in [2.24, 2.45) is 17.8 Å². The minimum Gasteiger partial charge on any atom is -0.344 e. The van der Waals surface area contributed by atoms with E-state index >= 15 is 0 Å². The highest BCUT2D eigenvalue weighted by Crippen LogP contribution is 2.28. The second-order valence-corrected chi connectivity index (χ2v) is 8.47. The Labute approximate surface area is 157 Å². The van der Waals surface area contributed by atoms with Gasteiger partial charge in [-0.2, -0.15) is 0 Å². The van der Waals surface area contributed by atoms with Gasteiger partial charge in [0.2, 0.25) is 11.8 Å². The number of amides is 2. The molecule has 1 fully saturated rings. The maximum Gasteiger partial charge on any atom is 0.245 e. The molecule has 0 unspecified atom stereocenters. The van der Waals surface area contributed by atoms with Gasteiger partial charge in [-0.3, -0.25) is 9.59 Å². The molecule has 1 aromatic carbocycles. The highest BCUT2D eigenvalue weighted by molar-refractivity contribution is 5.89. The third-order valence-corrected chi connectivity index (χ3v) is 6.06. The first-order chi connectivity index (χ1) is 12.5. The molecule has 4 heteroatoms. The number of fused-ring (bicyclic) bond motifs is 1. The first-order valence-corrected chi connectivity index (χ1v) is 10.1. The zero-order valence-corrected chi connectivity index (χ0v) is 16.3. The lowest BCUT2D eigenvalue weighted by Crippen LogP contribution is -2.53. The van der Waals surface area contributed by atoms with E-state index < -0.39 is 6.04 Å². The van der Waals surface area contributed by atoms with Crippen molar-refractivity contribution in [1.82, 2.24) is 10.2 Å². The Hall–Kier alpha value is -1.84. The van der Waals surface area contributed by atoms with Gasteiger partial charge in [-0.05, 0) is 55.1 Å². The van der Waals surface area contributed by atoms with E-state index in [2.05, 4.69) is 30.4 Å². The molecule has 26 heavy (non-hydrogen) atoms. The number of carbonyl (C=O) groups is 2. The van der Waals surface area contributed by atoms with Crippen LogP contribution < -0.4 is 5.32 Å². The summed E-state index contributed by atoms with van der Waals surface area (Å²) in [5.41, 5.74) is 2.56. The molecular formula is C22H32N2O2. The lowest BCUT2D eigenvalue weighted by atomic mass is 9.82. The summed E-state index contributed by atoms with van der Waals surface area (Å²) in [6.07, 6.45) is 5.01. The summed E-state index contributed by atoms with van der Waals surface area (Å²) in [7, 11) is 0. The molecule has 0 saturated heterocycles. The van der Waals surface area contributed by atoms with Gasteiger partial charge in [0.25, 0.3) is 0 Å². The van der Waals surface area contributed by atoms with Gasteiger partial charge in [-0.25, -0.2) is 0 Å². The Kier molecular flexibility index (Phi) is 6.00. The van der Waals surface area contributed by atoms with Gasteiger partial charge in [0.1, 0.15) is 6.04 Å². The molecule has 1 aliphatic heterocycles. The first-order valence-electron chi connectivity index (χ1n) is 10.1. The van der Waals surface area contributed by atoms with Crippen LogP contribution in [-0.2, 0) is 22.6 Å². The Bertz CT molecular complexity index is 647. The van der Waals surface area contributed by atoms with Crippen LogP contribution >= 0.6 is 0 Å². The molecule has 1 heterocycles. The van der Waals surface area contributed by atoms with Crippen molar-refractivity contribution in [2.75, 3.05) is 6.54 Å². The van der Waals surface area contributed by atoms with Gasteiger partial charge < -0.3 is 10.2 Å². The van der Waals surface area contributed by atoms with E-state index in [-0.39, 0.29) is 23.7 Å². The van der Waals surface area contributed by atoms with Gasteiger partial charge in [0, 0.05) is 19.0 Å². The maximum absolute atomic E-state index is 13.1. The van der Waals surface area contributed by atoms with Crippen molar-refractivity contribution in [3.63, 3.8) is 0 Å². The molecule has 1 aliphatic carbocycles. The maximum atomic E-state index is 13.1. The normalized spacial score (nSPS) is 24.1. The van der Waals surface area contributed by atoms with E-state index in [4.69, 9.17) is 0 Å². The third-order valence-electron chi connectivity index (χ3n) is 6.06. The SMILES string of the molecule is CC1CCC(C(=O)N[C@@H](C(=O)N2CCc3ccccc3C2)C(C)C)CC1.